The van der Waals surface area contributed by atoms with E-state index in [1.165, 1.54) is 36.0 Å². The molecular weight excluding hydrogens is 409 g/mol. The SMILES string of the molecule is CCCOP(=O)(O)OCCNC/C=C(C)/C=C/C=C(C)/C=C/C1=C(C)CCCC1(C)C. The van der Waals surface area contributed by atoms with Crippen molar-refractivity contribution >= 4 is 7.82 Å². The standard InChI is InChI=1S/C25H42NO4P/c1-7-19-29-31(27,28)30-20-18-26-17-15-22(3)11-8-10-21(2)13-14-24-23(4)12-9-16-25(24,5)6/h8,10-11,13-15,26H,7,9,12,16-20H2,1-6H3,(H,27,28)/b11-8+,14-13+,21-10+,22-15+. The maximum absolute atomic E-state index is 11.5. The van der Waals surface area contributed by atoms with Gasteiger partial charge in [-0.1, -0.05) is 73.9 Å². The smallest absolute Gasteiger partial charge is 0.311 e. The maximum atomic E-state index is 11.5. The minimum Gasteiger partial charge on any atom is -0.311 e. The molecule has 0 saturated carbocycles. The van der Waals surface area contributed by atoms with Gasteiger partial charge < -0.3 is 10.2 Å². The van der Waals surface area contributed by atoms with Gasteiger partial charge in [0.15, 0.2) is 0 Å². The van der Waals surface area contributed by atoms with Crippen molar-refractivity contribution in [3.8, 4) is 0 Å². The first-order chi connectivity index (χ1) is 14.6. The highest BCUT2D eigenvalue weighted by atomic mass is 31.2. The quantitative estimate of drug-likeness (QED) is 0.186. The molecule has 0 saturated heterocycles. The number of phosphoric acid groups is 1. The third-order valence-electron chi connectivity index (χ3n) is 5.33. The lowest BCUT2D eigenvalue weighted by atomic mass is 9.72. The molecule has 0 radical (unpaired) electrons. The minimum absolute atomic E-state index is 0.126. The molecule has 1 aliphatic rings. The van der Waals surface area contributed by atoms with Crippen LogP contribution in [0.25, 0.3) is 0 Å². The molecule has 1 rings (SSSR count). The first-order valence-electron chi connectivity index (χ1n) is 11.3. The molecule has 1 atom stereocenters. The highest BCUT2D eigenvalue weighted by molar-refractivity contribution is 7.47. The second-order valence-electron chi connectivity index (χ2n) is 8.82. The number of rotatable bonds is 13. The summed E-state index contributed by atoms with van der Waals surface area (Å²) < 4.78 is 21.2. The topological polar surface area (TPSA) is 67.8 Å². The van der Waals surface area contributed by atoms with E-state index in [9.17, 15) is 9.46 Å². The second-order valence-corrected chi connectivity index (χ2v) is 10.3. The lowest BCUT2D eigenvalue weighted by Crippen LogP contribution is -2.19. The van der Waals surface area contributed by atoms with Gasteiger partial charge in [-0.2, -0.15) is 0 Å². The number of nitrogens with one attached hydrogen (secondary N) is 1. The van der Waals surface area contributed by atoms with E-state index in [-0.39, 0.29) is 18.6 Å². The van der Waals surface area contributed by atoms with E-state index in [1.807, 2.05) is 13.8 Å². The first-order valence-corrected chi connectivity index (χ1v) is 12.8. The van der Waals surface area contributed by atoms with Gasteiger partial charge in [-0.3, -0.25) is 9.05 Å². The van der Waals surface area contributed by atoms with E-state index in [1.54, 1.807) is 0 Å². The molecular formula is C25H42NO4P. The van der Waals surface area contributed by atoms with Crippen LogP contribution in [-0.4, -0.2) is 31.2 Å². The van der Waals surface area contributed by atoms with Crippen molar-refractivity contribution < 1.29 is 18.5 Å². The number of hydrogen-bond acceptors (Lipinski definition) is 4. The Kier molecular flexibility index (Phi) is 12.6. The second kappa shape index (κ2) is 14.0. The Morgan fingerprint density at radius 1 is 1.19 bits per heavy atom. The molecule has 0 aliphatic heterocycles. The summed E-state index contributed by atoms with van der Waals surface area (Å²) in [7, 11) is -3.91. The Balaban J connectivity index is 2.40. The van der Waals surface area contributed by atoms with Gasteiger partial charge in [0.05, 0.1) is 13.2 Å². The summed E-state index contributed by atoms with van der Waals surface area (Å²) in [4.78, 5) is 9.43. The molecule has 5 nitrogen and oxygen atoms in total. The monoisotopic (exact) mass is 451 g/mol. The highest BCUT2D eigenvalue weighted by Crippen LogP contribution is 2.43. The maximum Gasteiger partial charge on any atom is 0.472 e. The zero-order chi connectivity index (χ0) is 23.3. The van der Waals surface area contributed by atoms with Crippen molar-refractivity contribution in [1.29, 1.82) is 0 Å². The average molecular weight is 452 g/mol. The molecule has 0 heterocycles. The summed E-state index contributed by atoms with van der Waals surface area (Å²) >= 11 is 0. The van der Waals surface area contributed by atoms with Crippen LogP contribution in [0.4, 0.5) is 0 Å². The van der Waals surface area contributed by atoms with Gasteiger partial charge in [0.1, 0.15) is 0 Å². The van der Waals surface area contributed by atoms with E-state index in [2.05, 4.69) is 69.5 Å². The summed E-state index contributed by atoms with van der Waals surface area (Å²) in [5.41, 5.74) is 5.63. The number of phosphoric ester groups is 1. The zero-order valence-corrected chi connectivity index (χ0v) is 21.1. The third kappa shape index (κ3) is 11.8. The van der Waals surface area contributed by atoms with Crippen LogP contribution in [0.1, 0.15) is 67.2 Å². The van der Waals surface area contributed by atoms with Gasteiger partial charge in [0.2, 0.25) is 0 Å². The fraction of sp³-hybridized carbons (Fsp3) is 0.600. The molecule has 0 aromatic heterocycles. The van der Waals surface area contributed by atoms with Crippen molar-refractivity contribution in [2.45, 2.75) is 67.2 Å². The zero-order valence-electron chi connectivity index (χ0n) is 20.2. The molecule has 0 aromatic carbocycles. The number of hydrogen-bond donors (Lipinski definition) is 2. The van der Waals surface area contributed by atoms with Crippen LogP contribution >= 0.6 is 7.82 Å². The van der Waals surface area contributed by atoms with E-state index in [4.69, 9.17) is 9.05 Å². The van der Waals surface area contributed by atoms with Gasteiger partial charge in [-0.05, 0) is 57.4 Å². The first kappa shape index (κ1) is 27.8. The van der Waals surface area contributed by atoms with E-state index in [0.717, 1.165) is 5.57 Å². The molecule has 1 unspecified atom stereocenters. The van der Waals surface area contributed by atoms with Crippen molar-refractivity contribution in [2.75, 3.05) is 26.3 Å². The van der Waals surface area contributed by atoms with Gasteiger partial charge in [0, 0.05) is 13.1 Å². The average Bonchev–Trinajstić information content (AvgIpc) is 2.68. The fourth-order valence-corrected chi connectivity index (χ4v) is 4.32. The molecule has 0 amide bonds. The molecule has 1 aliphatic carbocycles. The molecule has 0 fully saturated rings. The molecule has 0 spiro atoms. The van der Waals surface area contributed by atoms with Crippen LogP contribution in [0.5, 0.6) is 0 Å². The third-order valence-corrected chi connectivity index (χ3v) is 6.35. The highest BCUT2D eigenvalue weighted by Gasteiger charge is 2.26. The van der Waals surface area contributed by atoms with Crippen LogP contribution < -0.4 is 5.32 Å². The molecule has 0 aromatic rings. The lowest BCUT2D eigenvalue weighted by molar-refractivity contribution is 0.150. The Labute approximate surface area is 189 Å². The Hall–Kier alpha value is -1.23. The van der Waals surface area contributed by atoms with Crippen LogP contribution in [0.3, 0.4) is 0 Å². The van der Waals surface area contributed by atoms with Gasteiger partial charge in [-0.25, -0.2) is 4.57 Å². The molecule has 0 bridgehead atoms. The number of allylic oxidation sites excluding steroid dienone is 9. The summed E-state index contributed by atoms with van der Waals surface area (Å²) in [5, 5.41) is 3.16. The normalized spacial score (nSPS) is 20.1. The van der Waals surface area contributed by atoms with Crippen molar-refractivity contribution in [1.82, 2.24) is 5.32 Å². The summed E-state index contributed by atoms with van der Waals surface area (Å²) in [6, 6.07) is 0. The predicted molar refractivity (Wildman–Crippen MR) is 131 cm³/mol. The fourth-order valence-electron chi connectivity index (χ4n) is 3.51. The van der Waals surface area contributed by atoms with Gasteiger partial charge in [-0.15, -0.1) is 0 Å². The van der Waals surface area contributed by atoms with Gasteiger partial charge >= 0.3 is 7.82 Å². The van der Waals surface area contributed by atoms with Crippen molar-refractivity contribution in [3.63, 3.8) is 0 Å². The lowest BCUT2D eigenvalue weighted by Gasteiger charge is -2.32. The van der Waals surface area contributed by atoms with Crippen LogP contribution in [0.2, 0.25) is 0 Å². The minimum atomic E-state index is -3.91. The Morgan fingerprint density at radius 3 is 2.58 bits per heavy atom. The Morgan fingerprint density at radius 2 is 1.90 bits per heavy atom. The summed E-state index contributed by atoms with van der Waals surface area (Å²) in [5.74, 6) is 0. The molecule has 31 heavy (non-hydrogen) atoms. The van der Waals surface area contributed by atoms with E-state index >= 15 is 0 Å². The van der Waals surface area contributed by atoms with Crippen molar-refractivity contribution in [3.05, 3.63) is 58.7 Å². The van der Waals surface area contributed by atoms with Crippen molar-refractivity contribution in [2.24, 2.45) is 5.41 Å². The van der Waals surface area contributed by atoms with Crippen LogP contribution in [0.15, 0.2) is 58.7 Å². The van der Waals surface area contributed by atoms with Crippen LogP contribution in [0, 0.1) is 5.41 Å². The van der Waals surface area contributed by atoms with E-state index in [0.29, 0.717) is 19.5 Å². The molecule has 2 N–H and O–H groups in total. The molecule has 6 heteroatoms. The van der Waals surface area contributed by atoms with E-state index < -0.39 is 7.82 Å². The molecule has 176 valence electrons. The Bertz CT molecular complexity index is 759. The summed E-state index contributed by atoms with van der Waals surface area (Å²) in [6.07, 6.45) is 17.3. The van der Waals surface area contributed by atoms with Gasteiger partial charge in [0.25, 0.3) is 0 Å². The largest absolute Gasteiger partial charge is 0.472 e. The predicted octanol–water partition coefficient (Wildman–Crippen LogP) is 6.65. The van der Waals surface area contributed by atoms with Crippen LogP contribution in [-0.2, 0) is 13.6 Å². The summed E-state index contributed by atoms with van der Waals surface area (Å²) in [6.45, 7) is 14.5.